The number of carbonyl (C=O) groups excluding carboxylic acids is 1. The van der Waals surface area contributed by atoms with E-state index in [2.05, 4.69) is 20.4 Å². The van der Waals surface area contributed by atoms with Crippen LogP contribution in [0.25, 0.3) is 15.9 Å². The fourth-order valence-corrected chi connectivity index (χ4v) is 8.20. The molecule has 4 aromatic rings. The Morgan fingerprint density at radius 3 is 2.78 bits per heavy atom. The monoisotopic (exact) mass is 450 g/mol. The van der Waals surface area contributed by atoms with Crippen molar-refractivity contribution in [3.05, 3.63) is 28.9 Å². The topological polar surface area (TPSA) is 113 Å². The van der Waals surface area contributed by atoms with E-state index < -0.39 is 0 Å². The largest absolute Gasteiger partial charge is 0.465 e. The number of ether oxygens (including phenoxy) is 1. The first-order chi connectivity index (χ1) is 15.5. The number of aryl methyl sites for hydroxylation is 1. The molecule has 8 rings (SSSR count). The van der Waals surface area contributed by atoms with Crippen molar-refractivity contribution < 1.29 is 9.53 Å². The number of hydrogen-bond donors (Lipinski definition) is 0. The molecule has 10 nitrogen and oxygen atoms in total. The molecule has 0 aliphatic heterocycles. The number of fused-ring (bicyclic) bond motifs is 3. The van der Waals surface area contributed by atoms with Crippen LogP contribution in [0, 0.1) is 18.8 Å². The van der Waals surface area contributed by atoms with Crippen LogP contribution in [0.3, 0.4) is 0 Å². The number of carbonyl (C=O) groups is 1. The van der Waals surface area contributed by atoms with Gasteiger partial charge in [-0.05, 0) is 68.1 Å². The predicted octanol–water partition coefficient (Wildman–Crippen LogP) is 2.67. The van der Waals surface area contributed by atoms with Crippen LogP contribution in [-0.2, 0) is 15.7 Å². The maximum absolute atomic E-state index is 12.2. The molecule has 4 aliphatic carbocycles. The van der Waals surface area contributed by atoms with Crippen LogP contribution < -0.4 is 0 Å². The van der Waals surface area contributed by atoms with Crippen molar-refractivity contribution in [1.29, 1.82) is 0 Å². The van der Waals surface area contributed by atoms with Crippen LogP contribution in [-0.4, -0.2) is 52.9 Å². The van der Waals surface area contributed by atoms with Gasteiger partial charge >= 0.3 is 5.97 Å². The van der Waals surface area contributed by atoms with Crippen LogP contribution in [0.2, 0.25) is 0 Å². The summed E-state index contributed by atoms with van der Waals surface area (Å²) in [4.78, 5) is 25.1. The van der Waals surface area contributed by atoms with Crippen molar-refractivity contribution in [3.63, 3.8) is 0 Å². The lowest BCUT2D eigenvalue weighted by molar-refractivity contribution is -0.0785. The number of methoxy groups -OCH3 is 1. The van der Waals surface area contributed by atoms with Gasteiger partial charge in [-0.3, -0.25) is 0 Å². The quantitative estimate of drug-likeness (QED) is 0.438. The van der Waals surface area contributed by atoms with Crippen molar-refractivity contribution in [2.24, 2.45) is 11.8 Å². The van der Waals surface area contributed by atoms with Gasteiger partial charge in [0.2, 0.25) is 0 Å². The molecule has 2 atom stereocenters. The summed E-state index contributed by atoms with van der Waals surface area (Å²) in [7, 11) is 1.40. The van der Waals surface area contributed by atoms with Gasteiger partial charge in [0.05, 0.1) is 18.0 Å². The zero-order valence-electron chi connectivity index (χ0n) is 17.9. The minimum absolute atomic E-state index is 0.0921. The Morgan fingerprint density at radius 1 is 1.25 bits per heavy atom. The van der Waals surface area contributed by atoms with E-state index in [1.165, 1.54) is 31.2 Å². The van der Waals surface area contributed by atoms with E-state index in [4.69, 9.17) is 14.8 Å². The maximum atomic E-state index is 12.2. The number of nitrogens with zero attached hydrogens (tertiary/aromatic N) is 8. The molecule has 4 aliphatic rings. The summed E-state index contributed by atoms with van der Waals surface area (Å²) >= 11 is 1.34. The van der Waals surface area contributed by atoms with Crippen molar-refractivity contribution in [1.82, 2.24) is 39.8 Å². The first-order valence-corrected chi connectivity index (χ1v) is 11.8. The van der Waals surface area contributed by atoms with Gasteiger partial charge in [-0.15, -0.1) is 26.6 Å². The van der Waals surface area contributed by atoms with Gasteiger partial charge < -0.3 is 4.74 Å². The van der Waals surface area contributed by atoms with Gasteiger partial charge in [0.1, 0.15) is 16.0 Å². The van der Waals surface area contributed by atoms with E-state index in [0.717, 1.165) is 59.4 Å². The molecule has 0 spiro atoms. The minimum Gasteiger partial charge on any atom is -0.465 e. The van der Waals surface area contributed by atoms with E-state index in [1.54, 1.807) is 10.8 Å². The van der Waals surface area contributed by atoms with Crippen molar-refractivity contribution in [3.8, 4) is 0 Å². The summed E-state index contributed by atoms with van der Waals surface area (Å²) in [5.41, 5.74) is 1.42. The van der Waals surface area contributed by atoms with Gasteiger partial charge in [-0.1, -0.05) is 0 Å². The van der Waals surface area contributed by atoms with Crippen molar-refractivity contribution in [2.75, 3.05) is 7.11 Å². The highest BCUT2D eigenvalue weighted by molar-refractivity contribution is 7.20. The highest BCUT2D eigenvalue weighted by Gasteiger charge is 2.61. The summed E-state index contributed by atoms with van der Waals surface area (Å²) < 4.78 is 6.73. The summed E-state index contributed by atoms with van der Waals surface area (Å²) in [5.74, 6) is 1.80. The Balaban J connectivity index is 1.39. The summed E-state index contributed by atoms with van der Waals surface area (Å²) in [6.07, 6.45) is 9.86. The number of aromatic nitrogens is 8. The SMILES string of the molecule is COC(=O)c1sc2ncn3nc(C45C[C@@H]6C[C@@H](C4)CC(n4ncnn4)(C6)C5)nc3c2c1C. The average molecular weight is 451 g/mol. The Morgan fingerprint density at radius 2 is 2.06 bits per heavy atom. The molecule has 4 aromatic heterocycles. The molecular weight excluding hydrogens is 428 g/mol. The Bertz CT molecular complexity index is 1380. The fraction of sp³-hybridized carbons (Fsp3) is 0.571. The fourth-order valence-electron chi connectivity index (χ4n) is 7.14. The summed E-state index contributed by atoms with van der Waals surface area (Å²) in [6, 6.07) is 0. The van der Waals surface area contributed by atoms with Crippen molar-refractivity contribution in [2.45, 2.75) is 56.4 Å². The molecule has 32 heavy (non-hydrogen) atoms. The molecule has 4 heterocycles. The first-order valence-electron chi connectivity index (χ1n) is 11.0. The van der Waals surface area contributed by atoms with Gasteiger partial charge in [0, 0.05) is 5.41 Å². The molecule has 164 valence electrons. The normalized spacial score (nSPS) is 31.1. The molecule has 4 fully saturated rings. The zero-order chi connectivity index (χ0) is 21.7. The number of tetrazole rings is 1. The van der Waals surface area contributed by atoms with Gasteiger partial charge in [-0.2, -0.15) is 4.80 Å². The lowest BCUT2D eigenvalue weighted by atomic mass is 9.46. The number of rotatable bonds is 3. The Hall–Kier alpha value is -2.95. The van der Waals surface area contributed by atoms with Gasteiger partial charge in [0.25, 0.3) is 0 Å². The van der Waals surface area contributed by atoms with Crippen LogP contribution in [0.1, 0.15) is 59.6 Å². The number of hydrogen-bond acceptors (Lipinski definition) is 9. The van der Waals surface area contributed by atoms with Crippen LogP contribution in [0.4, 0.5) is 0 Å². The maximum Gasteiger partial charge on any atom is 0.348 e. The van der Waals surface area contributed by atoms with E-state index in [9.17, 15) is 4.79 Å². The summed E-state index contributed by atoms with van der Waals surface area (Å²) in [5, 5.41) is 18.6. The first kappa shape index (κ1) is 18.6. The lowest BCUT2D eigenvalue weighted by Crippen LogP contribution is -2.59. The molecule has 0 unspecified atom stereocenters. The second-order valence-electron chi connectivity index (χ2n) is 9.87. The standard InChI is InChI=1S/C21H22N8O2S/c1-11-14-16-25-19(26-28(16)10-22-17(14)32-15(11)18(30)31-2)20-4-12-3-13(5-20)7-21(6-12,8-20)29-24-9-23-27-29/h9-10,12-13H,3-8H2,1-2H3/t12-,13-,20?,21?/m0/s1. The molecular formula is C21H22N8O2S. The molecule has 0 N–H and O–H groups in total. The van der Waals surface area contributed by atoms with Gasteiger partial charge in [0.15, 0.2) is 17.8 Å². The minimum atomic E-state index is -0.341. The third-order valence-corrected chi connectivity index (χ3v) is 9.10. The van der Waals surface area contributed by atoms with Crippen LogP contribution in [0.5, 0.6) is 0 Å². The van der Waals surface area contributed by atoms with Crippen molar-refractivity contribution >= 4 is 33.2 Å². The van der Waals surface area contributed by atoms with E-state index in [0.29, 0.717) is 16.7 Å². The van der Waals surface area contributed by atoms with Crippen LogP contribution in [0.15, 0.2) is 12.7 Å². The third-order valence-electron chi connectivity index (χ3n) is 7.92. The van der Waals surface area contributed by atoms with E-state index in [1.807, 2.05) is 11.7 Å². The average Bonchev–Trinajstić information content (AvgIpc) is 3.51. The molecule has 4 bridgehead atoms. The summed E-state index contributed by atoms with van der Waals surface area (Å²) in [6.45, 7) is 1.93. The van der Waals surface area contributed by atoms with E-state index in [-0.39, 0.29) is 16.9 Å². The molecule has 11 heteroatoms. The lowest BCUT2D eigenvalue weighted by Gasteiger charge is -2.60. The molecule has 0 aromatic carbocycles. The Kier molecular flexibility index (Phi) is 3.54. The molecule has 0 radical (unpaired) electrons. The number of esters is 1. The zero-order valence-corrected chi connectivity index (χ0v) is 18.7. The van der Waals surface area contributed by atoms with E-state index >= 15 is 0 Å². The Labute approximate surface area is 187 Å². The second kappa shape index (κ2) is 6.09. The highest BCUT2D eigenvalue weighted by Crippen LogP contribution is 2.64. The third kappa shape index (κ3) is 2.31. The number of thiophene rings is 1. The smallest absolute Gasteiger partial charge is 0.348 e. The highest BCUT2D eigenvalue weighted by atomic mass is 32.1. The predicted molar refractivity (Wildman–Crippen MR) is 114 cm³/mol. The van der Waals surface area contributed by atoms with Gasteiger partial charge in [-0.25, -0.2) is 19.3 Å². The molecule has 0 saturated heterocycles. The van der Waals surface area contributed by atoms with Crippen LogP contribution >= 0.6 is 11.3 Å². The molecule has 0 amide bonds. The second-order valence-corrected chi connectivity index (χ2v) is 10.9. The molecule has 4 saturated carbocycles.